The number of amides is 2. The lowest BCUT2D eigenvalue weighted by Gasteiger charge is -2.14. The monoisotopic (exact) mass is 336 g/mol. The van der Waals surface area contributed by atoms with Gasteiger partial charge >= 0.3 is 0 Å². The fraction of sp³-hybridized carbons (Fsp3) is 0.200. The highest BCUT2D eigenvalue weighted by molar-refractivity contribution is 5.94. The normalized spacial score (nSPS) is 15.8. The molecular weight excluding hydrogens is 316 g/mol. The van der Waals surface area contributed by atoms with E-state index < -0.39 is 0 Å². The van der Waals surface area contributed by atoms with Crippen molar-refractivity contribution < 1.29 is 14.7 Å². The predicted octanol–water partition coefficient (Wildman–Crippen LogP) is 2.33. The minimum atomic E-state index is -0.316. The molecule has 2 aromatic carbocycles. The number of hydrogen-bond donors (Lipinski definition) is 3. The molecule has 0 aromatic heterocycles. The topological polar surface area (TPSA) is 78.4 Å². The van der Waals surface area contributed by atoms with Crippen LogP contribution in [0.1, 0.15) is 29.2 Å². The predicted molar refractivity (Wildman–Crippen MR) is 95.8 cm³/mol. The van der Waals surface area contributed by atoms with Gasteiger partial charge in [0.1, 0.15) is 5.75 Å². The van der Waals surface area contributed by atoms with Crippen molar-refractivity contribution in [3.05, 3.63) is 71.3 Å². The Bertz CT molecular complexity index is 800. The molecule has 3 rings (SSSR count). The average Bonchev–Trinajstić information content (AvgIpc) is 3.03. The van der Waals surface area contributed by atoms with Gasteiger partial charge < -0.3 is 15.7 Å². The standard InChI is InChI=1S/C20H20N2O3/c23-18-8-4-7-15-16(18)10-11-17(15)22-20(25)13-21-19(24)12-9-14-5-2-1-3-6-14/h1-9,12,17,23H,10-11,13H2,(H,21,24)(H,22,25). The van der Waals surface area contributed by atoms with Crippen molar-refractivity contribution >= 4 is 17.9 Å². The highest BCUT2D eigenvalue weighted by Gasteiger charge is 2.25. The molecule has 25 heavy (non-hydrogen) atoms. The van der Waals surface area contributed by atoms with Crippen molar-refractivity contribution in [1.29, 1.82) is 0 Å². The van der Waals surface area contributed by atoms with Gasteiger partial charge in [0, 0.05) is 6.08 Å². The molecule has 5 nitrogen and oxygen atoms in total. The molecule has 2 aromatic rings. The summed E-state index contributed by atoms with van der Waals surface area (Å²) >= 11 is 0. The molecule has 1 atom stereocenters. The van der Waals surface area contributed by atoms with Crippen LogP contribution >= 0.6 is 0 Å². The molecular formula is C20H20N2O3. The molecule has 0 spiro atoms. The summed E-state index contributed by atoms with van der Waals surface area (Å²) in [5.41, 5.74) is 2.76. The maximum atomic E-state index is 12.1. The van der Waals surface area contributed by atoms with E-state index in [1.807, 2.05) is 36.4 Å². The summed E-state index contributed by atoms with van der Waals surface area (Å²) < 4.78 is 0. The fourth-order valence-corrected chi connectivity index (χ4v) is 2.99. The summed E-state index contributed by atoms with van der Waals surface area (Å²) in [4.78, 5) is 23.9. The van der Waals surface area contributed by atoms with Crippen LogP contribution in [0.5, 0.6) is 5.75 Å². The smallest absolute Gasteiger partial charge is 0.244 e. The number of carbonyl (C=O) groups excluding carboxylic acids is 2. The van der Waals surface area contributed by atoms with Crippen LogP contribution in [0, 0.1) is 0 Å². The largest absolute Gasteiger partial charge is 0.508 e. The Hall–Kier alpha value is -3.08. The SMILES string of the molecule is O=C(C=Cc1ccccc1)NCC(=O)NC1CCc2c(O)cccc21. The van der Waals surface area contributed by atoms with Crippen molar-refractivity contribution in [2.45, 2.75) is 18.9 Å². The zero-order chi connectivity index (χ0) is 17.6. The second kappa shape index (κ2) is 7.66. The first-order chi connectivity index (χ1) is 12.1. The molecule has 0 saturated carbocycles. The first-order valence-corrected chi connectivity index (χ1v) is 8.24. The van der Waals surface area contributed by atoms with Crippen molar-refractivity contribution in [3.63, 3.8) is 0 Å². The molecule has 1 aliphatic rings. The highest BCUT2D eigenvalue weighted by atomic mass is 16.3. The quantitative estimate of drug-likeness (QED) is 0.733. The second-order valence-electron chi connectivity index (χ2n) is 5.97. The van der Waals surface area contributed by atoms with Crippen LogP contribution in [-0.2, 0) is 16.0 Å². The average molecular weight is 336 g/mol. The lowest BCUT2D eigenvalue weighted by molar-refractivity contribution is -0.124. The van der Waals surface area contributed by atoms with E-state index in [0.717, 1.165) is 29.5 Å². The Balaban J connectivity index is 1.49. The number of nitrogens with one attached hydrogen (secondary N) is 2. The van der Waals surface area contributed by atoms with Gasteiger partial charge in [-0.15, -0.1) is 0 Å². The Kier molecular flexibility index (Phi) is 5.14. The van der Waals surface area contributed by atoms with Crippen molar-refractivity contribution in [2.75, 3.05) is 6.54 Å². The van der Waals surface area contributed by atoms with Crippen molar-refractivity contribution in [3.8, 4) is 5.75 Å². The third-order valence-corrected chi connectivity index (χ3v) is 4.23. The van der Waals surface area contributed by atoms with Crippen LogP contribution in [0.4, 0.5) is 0 Å². The van der Waals surface area contributed by atoms with Gasteiger partial charge in [-0.05, 0) is 41.7 Å². The number of phenols is 1. The zero-order valence-corrected chi connectivity index (χ0v) is 13.7. The van der Waals surface area contributed by atoms with Gasteiger partial charge in [-0.3, -0.25) is 9.59 Å². The molecule has 0 heterocycles. The molecule has 3 N–H and O–H groups in total. The summed E-state index contributed by atoms with van der Waals surface area (Å²) in [5, 5.41) is 15.3. The maximum absolute atomic E-state index is 12.1. The number of benzene rings is 2. The maximum Gasteiger partial charge on any atom is 0.244 e. The number of fused-ring (bicyclic) bond motifs is 1. The summed E-state index contributed by atoms with van der Waals surface area (Å²) in [6, 6.07) is 14.7. The Morgan fingerprint density at radius 2 is 1.92 bits per heavy atom. The van der Waals surface area contributed by atoms with E-state index in [1.165, 1.54) is 6.08 Å². The van der Waals surface area contributed by atoms with E-state index >= 15 is 0 Å². The van der Waals surface area contributed by atoms with Crippen molar-refractivity contribution in [1.82, 2.24) is 10.6 Å². The second-order valence-corrected chi connectivity index (χ2v) is 5.97. The van der Waals surface area contributed by atoms with Gasteiger partial charge in [-0.2, -0.15) is 0 Å². The lowest BCUT2D eigenvalue weighted by atomic mass is 10.1. The van der Waals surface area contributed by atoms with Crippen LogP contribution in [0.3, 0.4) is 0 Å². The van der Waals surface area contributed by atoms with E-state index in [0.29, 0.717) is 0 Å². The first-order valence-electron chi connectivity index (χ1n) is 8.24. The van der Waals surface area contributed by atoms with Gasteiger partial charge in [-0.1, -0.05) is 42.5 Å². The Labute approximate surface area is 146 Å². The molecule has 0 radical (unpaired) electrons. The van der Waals surface area contributed by atoms with Gasteiger partial charge in [0.2, 0.25) is 11.8 Å². The van der Waals surface area contributed by atoms with Crippen LogP contribution in [0.2, 0.25) is 0 Å². The molecule has 2 amide bonds. The third-order valence-electron chi connectivity index (χ3n) is 4.23. The van der Waals surface area contributed by atoms with Gasteiger partial charge in [0.05, 0.1) is 12.6 Å². The summed E-state index contributed by atoms with van der Waals surface area (Å²) in [7, 11) is 0. The number of aromatic hydroxyl groups is 1. The van der Waals surface area contributed by atoms with E-state index in [2.05, 4.69) is 10.6 Å². The van der Waals surface area contributed by atoms with Gasteiger partial charge in [0.15, 0.2) is 0 Å². The minimum absolute atomic E-state index is 0.0807. The molecule has 0 saturated heterocycles. The molecule has 0 fully saturated rings. The van der Waals surface area contributed by atoms with Crippen molar-refractivity contribution in [2.24, 2.45) is 0 Å². The molecule has 5 heteroatoms. The summed E-state index contributed by atoms with van der Waals surface area (Å²) in [5.74, 6) is -0.292. The van der Waals surface area contributed by atoms with E-state index in [4.69, 9.17) is 0 Å². The van der Waals surface area contributed by atoms with Crippen LogP contribution in [0.25, 0.3) is 6.08 Å². The number of hydrogen-bond acceptors (Lipinski definition) is 3. The number of phenolic OH excluding ortho intramolecular Hbond substituents is 1. The molecule has 128 valence electrons. The molecule has 1 aliphatic carbocycles. The molecule has 0 bridgehead atoms. The first kappa shape index (κ1) is 16.8. The van der Waals surface area contributed by atoms with Gasteiger partial charge in [0.25, 0.3) is 0 Å². The van der Waals surface area contributed by atoms with Crippen LogP contribution < -0.4 is 10.6 Å². The third kappa shape index (κ3) is 4.26. The number of carbonyl (C=O) groups is 2. The minimum Gasteiger partial charge on any atom is -0.508 e. The van der Waals surface area contributed by atoms with Crippen LogP contribution in [0.15, 0.2) is 54.6 Å². The van der Waals surface area contributed by atoms with E-state index in [1.54, 1.807) is 18.2 Å². The summed E-state index contributed by atoms with van der Waals surface area (Å²) in [6.45, 7) is -0.0807. The zero-order valence-electron chi connectivity index (χ0n) is 13.7. The summed E-state index contributed by atoms with van der Waals surface area (Å²) in [6.07, 6.45) is 4.59. The Morgan fingerprint density at radius 3 is 2.72 bits per heavy atom. The fourth-order valence-electron chi connectivity index (χ4n) is 2.99. The van der Waals surface area contributed by atoms with Crippen LogP contribution in [-0.4, -0.2) is 23.5 Å². The number of rotatable bonds is 5. The van der Waals surface area contributed by atoms with E-state index in [9.17, 15) is 14.7 Å². The highest BCUT2D eigenvalue weighted by Crippen LogP contribution is 2.36. The van der Waals surface area contributed by atoms with E-state index in [-0.39, 0.29) is 30.2 Å². The molecule has 1 unspecified atom stereocenters. The lowest BCUT2D eigenvalue weighted by Crippen LogP contribution is -2.37. The van der Waals surface area contributed by atoms with Gasteiger partial charge in [-0.25, -0.2) is 0 Å². The Morgan fingerprint density at radius 1 is 1.12 bits per heavy atom. The molecule has 0 aliphatic heterocycles.